The highest BCUT2D eigenvalue weighted by Gasteiger charge is 2.00. The zero-order valence-electron chi connectivity index (χ0n) is 3.20. The molecule has 0 bridgehead atoms. The van der Waals surface area contributed by atoms with Gasteiger partial charge in [-0.25, -0.2) is 4.57 Å². The molecule has 0 saturated heterocycles. The Labute approximate surface area is 38.1 Å². The van der Waals surface area contributed by atoms with Gasteiger partial charge in [0.2, 0.25) is 0 Å². The van der Waals surface area contributed by atoms with E-state index in [0.717, 1.165) is 0 Å². The largest absolute Gasteiger partial charge is 0.466 e. The van der Waals surface area contributed by atoms with Crippen molar-refractivity contribution in [3.05, 3.63) is 0 Å². The van der Waals surface area contributed by atoms with Crippen LogP contribution in [0.1, 0.15) is 0 Å². The molecule has 1 unspecified atom stereocenters. The molecule has 40 valence electrons. The van der Waals surface area contributed by atoms with E-state index in [4.69, 9.17) is 19.2 Å². The number of hydrogen-bond donors (Lipinski definition) is 3. The second-order valence-electron chi connectivity index (χ2n) is 0.513. The van der Waals surface area contributed by atoms with Crippen molar-refractivity contribution in [3.63, 3.8) is 0 Å². The average molecular weight is 133 g/mol. The van der Waals surface area contributed by atoms with Crippen LogP contribution >= 0.6 is 17.7 Å². The van der Waals surface area contributed by atoms with Gasteiger partial charge in [0, 0.05) is 0 Å². The molecule has 4 nitrogen and oxygen atoms in total. The van der Waals surface area contributed by atoms with Gasteiger partial charge < -0.3 is 14.7 Å². The normalized spacial score (nSPS) is 9.83. The monoisotopic (exact) mass is 133 g/mol. The van der Waals surface area contributed by atoms with E-state index in [1.54, 1.807) is 0 Å². The molecule has 0 heterocycles. The van der Waals surface area contributed by atoms with Crippen LogP contribution in [0.5, 0.6) is 0 Å². The SMILES string of the molecule is O=P(O)(O)O.[PH4+]. The standard InChI is InChI=1S/H3O4P.H3P/c1-5(2,3)4;/h(H3,1,2,3,4);1H3/p+1. The highest BCUT2D eigenvalue weighted by atomic mass is 31.2. The van der Waals surface area contributed by atoms with Crippen LogP contribution in [0.25, 0.3) is 0 Å². The minimum Gasteiger partial charge on any atom is -0.303 e. The van der Waals surface area contributed by atoms with Crippen molar-refractivity contribution in [2.45, 2.75) is 0 Å². The third-order valence-corrected chi connectivity index (χ3v) is 0. The predicted octanol–water partition coefficient (Wildman–Crippen LogP) is -1.14. The molecule has 6 heavy (non-hydrogen) atoms. The summed E-state index contributed by atoms with van der Waals surface area (Å²) in [5.41, 5.74) is 0. The molecule has 0 aliphatic carbocycles. The molecule has 0 fully saturated rings. The van der Waals surface area contributed by atoms with Crippen molar-refractivity contribution in [1.29, 1.82) is 0 Å². The predicted molar refractivity (Wildman–Crippen MR) is 26.8 cm³/mol. The Morgan fingerprint density at radius 2 is 1.17 bits per heavy atom. The quantitative estimate of drug-likeness (QED) is 0.365. The van der Waals surface area contributed by atoms with Crippen molar-refractivity contribution < 1.29 is 19.2 Å². The molecular weight excluding hydrogens is 126 g/mol. The Morgan fingerprint density at radius 3 is 1.17 bits per heavy atom. The van der Waals surface area contributed by atoms with E-state index >= 15 is 0 Å². The summed E-state index contributed by atoms with van der Waals surface area (Å²) in [5.74, 6) is 0. The summed E-state index contributed by atoms with van der Waals surface area (Å²) in [6.45, 7) is 0. The van der Waals surface area contributed by atoms with Gasteiger partial charge in [-0.1, -0.05) is 0 Å². The van der Waals surface area contributed by atoms with Crippen LogP contribution in [-0.4, -0.2) is 14.7 Å². The molecule has 0 aromatic rings. The topological polar surface area (TPSA) is 77.8 Å². The summed E-state index contributed by atoms with van der Waals surface area (Å²) in [6, 6.07) is 0. The maximum absolute atomic E-state index is 8.88. The molecule has 0 rings (SSSR count). The first-order valence-electron chi connectivity index (χ1n) is 0.783. The second-order valence-corrected chi connectivity index (χ2v) is 1.54. The van der Waals surface area contributed by atoms with E-state index in [1.807, 2.05) is 0 Å². The third kappa shape index (κ3) is 195. The van der Waals surface area contributed by atoms with E-state index in [1.165, 1.54) is 0 Å². The smallest absolute Gasteiger partial charge is 0.303 e. The van der Waals surface area contributed by atoms with Crippen LogP contribution in [-0.2, 0) is 4.57 Å². The van der Waals surface area contributed by atoms with Gasteiger partial charge in [0.1, 0.15) is 0 Å². The Morgan fingerprint density at radius 1 is 1.17 bits per heavy atom. The lowest BCUT2D eigenvalue weighted by Gasteiger charge is -1.82. The average Bonchev–Trinajstić information content (AvgIpc) is 0.722. The maximum Gasteiger partial charge on any atom is 0.466 e. The van der Waals surface area contributed by atoms with Gasteiger partial charge in [0.15, 0.2) is 0 Å². The Bertz CT molecular complexity index is 51.7. The second kappa shape index (κ2) is 2.67. The first kappa shape index (κ1) is 9.74. The van der Waals surface area contributed by atoms with Crippen LogP contribution in [0, 0.1) is 0 Å². The van der Waals surface area contributed by atoms with E-state index in [0.29, 0.717) is 0 Å². The Hall–Kier alpha value is 0.540. The van der Waals surface area contributed by atoms with Crippen molar-refractivity contribution in [3.8, 4) is 0 Å². The fraction of sp³-hybridized carbons (Fsp3) is 0. The van der Waals surface area contributed by atoms with Crippen molar-refractivity contribution >= 4 is 17.7 Å². The number of rotatable bonds is 0. The summed E-state index contributed by atoms with van der Waals surface area (Å²) in [5, 5.41) is 0. The van der Waals surface area contributed by atoms with E-state index in [-0.39, 0.29) is 9.90 Å². The molecule has 0 aromatic heterocycles. The van der Waals surface area contributed by atoms with E-state index in [9.17, 15) is 0 Å². The van der Waals surface area contributed by atoms with Crippen LogP contribution in [0.2, 0.25) is 0 Å². The highest BCUT2D eigenvalue weighted by molar-refractivity contribution is 7.45. The maximum atomic E-state index is 8.88. The first-order valence-corrected chi connectivity index (χ1v) is 2.35. The molecule has 0 saturated carbocycles. The van der Waals surface area contributed by atoms with Crippen molar-refractivity contribution in [2.24, 2.45) is 0 Å². The zero-order valence-corrected chi connectivity index (χ0v) is 6.09. The molecule has 0 aliphatic heterocycles. The van der Waals surface area contributed by atoms with Gasteiger partial charge >= 0.3 is 7.82 Å². The number of hydrogen-bond acceptors (Lipinski definition) is 1. The van der Waals surface area contributed by atoms with Crippen LogP contribution in [0.15, 0.2) is 0 Å². The molecule has 0 aliphatic rings. The molecule has 0 aromatic carbocycles. The van der Waals surface area contributed by atoms with Gasteiger partial charge in [-0.2, -0.15) is 0 Å². The van der Waals surface area contributed by atoms with E-state index < -0.39 is 7.82 Å². The molecule has 0 radical (unpaired) electrons. The summed E-state index contributed by atoms with van der Waals surface area (Å²) < 4.78 is 8.88. The van der Waals surface area contributed by atoms with Gasteiger partial charge in [0.05, 0.1) is 0 Å². The van der Waals surface area contributed by atoms with Gasteiger partial charge in [-0.15, -0.1) is 0 Å². The first-order chi connectivity index (χ1) is 2.00. The fourth-order valence-electron chi connectivity index (χ4n) is 0. The minimum atomic E-state index is -4.64. The summed E-state index contributed by atoms with van der Waals surface area (Å²) in [6.07, 6.45) is 0. The van der Waals surface area contributed by atoms with Gasteiger partial charge in [-0.3, -0.25) is 0 Å². The van der Waals surface area contributed by atoms with E-state index in [2.05, 4.69) is 0 Å². The zero-order chi connectivity index (χ0) is 4.50. The van der Waals surface area contributed by atoms with Gasteiger partial charge in [-0.05, 0) is 9.90 Å². The fourth-order valence-corrected chi connectivity index (χ4v) is 0. The summed E-state index contributed by atoms with van der Waals surface area (Å²) >= 11 is 0. The van der Waals surface area contributed by atoms with Gasteiger partial charge in [0.25, 0.3) is 0 Å². The summed E-state index contributed by atoms with van der Waals surface area (Å²) in [4.78, 5) is 21.6. The Balaban J connectivity index is 0. The highest BCUT2D eigenvalue weighted by Crippen LogP contribution is 2.25. The molecule has 6 heteroatoms. The Kier molecular flexibility index (Phi) is 4.33. The molecule has 0 amide bonds. The lowest BCUT2D eigenvalue weighted by molar-refractivity contribution is 0.275. The lowest BCUT2D eigenvalue weighted by Crippen LogP contribution is -1.66. The minimum absolute atomic E-state index is 0. The molecular formula is H7O4P2+. The van der Waals surface area contributed by atoms with Crippen molar-refractivity contribution in [1.82, 2.24) is 0 Å². The number of phosphoric acid groups is 1. The molecule has 1 atom stereocenters. The van der Waals surface area contributed by atoms with Crippen LogP contribution in [0.3, 0.4) is 0 Å². The molecule has 3 N–H and O–H groups in total. The van der Waals surface area contributed by atoms with Crippen LogP contribution in [0.4, 0.5) is 0 Å². The van der Waals surface area contributed by atoms with Crippen molar-refractivity contribution in [2.75, 3.05) is 0 Å². The third-order valence-electron chi connectivity index (χ3n) is 0. The lowest BCUT2D eigenvalue weighted by atomic mass is 15.8. The molecule has 0 spiro atoms. The van der Waals surface area contributed by atoms with Crippen LogP contribution < -0.4 is 0 Å². The summed E-state index contributed by atoms with van der Waals surface area (Å²) in [7, 11) is -4.64.